The Balaban J connectivity index is 4.32. The Kier molecular flexibility index (Phi) is 6.16. The predicted octanol–water partition coefficient (Wildman–Crippen LogP) is 3.15. The SMILES string of the molecule is C\C=C/C(=C\N)C(/C)=C/CCC. The fourth-order valence-corrected chi connectivity index (χ4v) is 0.977. The summed E-state index contributed by atoms with van der Waals surface area (Å²) in [6, 6.07) is 0. The Morgan fingerprint density at radius 2 is 2.08 bits per heavy atom. The second-order valence-electron chi connectivity index (χ2n) is 2.80. The van der Waals surface area contributed by atoms with E-state index in [0.29, 0.717) is 0 Å². The predicted molar refractivity (Wildman–Crippen MR) is 55.7 cm³/mol. The van der Waals surface area contributed by atoms with Crippen LogP contribution in [0.25, 0.3) is 0 Å². The van der Waals surface area contributed by atoms with Crippen molar-refractivity contribution in [1.82, 2.24) is 0 Å². The summed E-state index contributed by atoms with van der Waals surface area (Å²) < 4.78 is 0. The van der Waals surface area contributed by atoms with E-state index in [2.05, 4.69) is 19.9 Å². The van der Waals surface area contributed by atoms with Crippen molar-refractivity contribution >= 4 is 0 Å². The number of unbranched alkanes of at least 4 members (excludes halogenated alkanes) is 1. The van der Waals surface area contributed by atoms with Crippen LogP contribution in [0.15, 0.2) is 35.6 Å². The largest absolute Gasteiger partial charge is 0.404 e. The minimum Gasteiger partial charge on any atom is -0.404 e. The van der Waals surface area contributed by atoms with Crippen LogP contribution >= 0.6 is 0 Å². The van der Waals surface area contributed by atoms with Crippen LogP contribution < -0.4 is 5.73 Å². The second-order valence-corrected chi connectivity index (χ2v) is 2.80. The molecule has 0 aromatic rings. The van der Waals surface area contributed by atoms with Crippen molar-refractivity contribution in [3.05, 3.63) is 35.6 Å². The lowest BCUT2D eigenvalue weighted by Gasteiger charge is -2.00. The van der Waals surface area contributed by atoms with E-state index in [4.69, 9.17) is 5.73 Å². The molecule has 0 aliphatic carbocycles. The second kappa shape index (κ2) is 6.71. The van der Waals surface area contributed by atoms with Crippen molar-refractivity contribution < 1.29 is 0 Å². The quantitative estimate of drug-likeness (QED) is 0.636. The monoisotopic (exact) mass is 165 g/mol. The van der Waals surface area contributed by atoms with Crippen LogP contribution in [0.1, 0.15) is 33.6 Å². The van der Waals surface area contributed by atoms with E-state index in [1.807, 2.05) is 19.1 Å². The molecule has 0 aromatic carbocycles. The summed E-state index contributed by atoms with van der Waals surface area (Å²) in [7, 11) is 0. The molecule has 0 fully saturated rings. The van der Waals surface area contributed by atoms with Crippen LogP contribution in [-0.4, -0.2) is 0 Å². The summed E-state index contributed by atoms with van der Waals surface area (Å²) in [4.78, 5) is 0. The van der Waals surface area contributed by atoms with Gasteiger partial charge in [-0.2, -0.15) is 0 Å². The van der Waals surface area contributed by atoms with Crippen LogP contribution in [0.5, 0.6) is 0 Å². The molecule has 0 aromatic heterocycles. The van der Waals surface area contributed by atoms with Gasteiger partial charge in [0.15, 0.2) is 0 Å². The zero-order valence-corrected chi connectivity index (χ0v) is 8.30. The van der Waals surface area contributed by atoms with Gasteiger partial charge in [0, 0.05) is 6.20 Å². The van der Waals surface area contributed by atoms with Gasteiger partial charge in [0.25, 0.3) is 0 Å². The van der Waals surface area contributed by atoms with Gasteiger partial charge < -0.3 is 5.73 Å². The number of nitrogens with two attached hydrogens (primary N) is 1. The average molecular weight is 165 g/mol. The van der Waals surface area contributed by atoms with Crippen molar-refractivity contribution in [1.29, 1.82) is 0 Å². The first-order chi connectivity index (χ1) is 5.76. The summed E-state index contributed by atoms with van der Waals surface area (Å²) >= 11 is 0. The molecule has 68 valence electrons. The van der Waals surface area contributed by atoms with Gasteiger partial charge in [0.2, 0.25) is 0 Å². The third kappa shape index (κ3) is 4.02. The fraction of sp³-hybridized carbons (Fsp3) is 0.455. The molecule has 0 spiro atoms. The minimum atomic E-state index is 1.12. The van der Waals surface area contributed by atoms with Gasteiger partial charge in [-0.15, -0.1) is 0 Å². The van der Waals surface area contributed by atoms with E-state index in [-0.39, 0.29) is 0 Å². The first-order valence-corrected chi connectivity index (χ1v) is 4.48. The molecule has 0 saturated carbocycles. The summed E-state index contributed by atoms with van der Waals surface area (Å²) in [6.07, 6.45) is 10.2. The molecule has 2 N–H and O–H groups in total. The third-order valence-corrected chi connectivity index (χ3v) is 1.72. The Morgan fingerprint density at radius 1 is 1.42 bits per heavy atom. The highest BCUT2D eigenvalue weighted by Crippen LogP contribution is 2.10. The van der Waals surface area contributed by atoms with Crippen LogP contribution in [0.4, 0.5) is 0 Å². The molecule has 0 aliphatic heterocycles. The van der Waals surface area contributed by atoms with Gasteiger partial charge in [0.05, 0.1) is 0 Å². The highest BCUT2D eigenvalue weighted by atomic mass is 14.5. The molecule has 0 aliphatic rings. The van der Waals surface area contributed by atoms with Crippen molar-refractivity contribution in [2.75, 3.05) is 0 Å². The van der Waals surface area contributed by atoms with Gasteiger partial charge in [-0.1, -0.05) is 31.6 Å². The Bertz CT molecular complexity index is 197. The zero-order chi connectivity index (χ0) is 9.40. The number of hydrogen-bond donors (Lipinski definition) is 1. The highest BCUT2D eigenvalue weighted by molar-refractivity contribution is 5.37. The lowest BCUT2D eigenvalue weighted by molar-refractivity contribution is 0.950. The third-order valence-electron chi connectivity index (χ3n) is 1.72. The molecule has 0 amide bonds. The maximum Gasteiger partial charge on any atom is 0.00139 e. The summed E-state index contributed by atoms with van der Waals surface area (Å²) in [5.41, 5.74) is 7.86. The maximum atomic E-state index is 5.48. The first-order valence-electron chi connectivity index (χ1n) is 4.48. The molecule has 0 bridgehead atoms. The van der Waals surface area contributed by atoms with Crippen molar-refractivity contribution in [2.45, 2.75) is 33.6 Å². The van der Waals surface area contributed by atoms with Crippen LogP contribution in [0, 0.1) is 0 Å². The number of hydrogen-bond acceptors (Lipinski definition) is 1. The van der Waals surface area contributed by atoms with Crippen molar-refractivity contribution in [2.24, 2.45) is 5.73 Å². The minimum absolute atomic E-state index is 1.12. The Labute approximate surface area is 75.7 Å². The average Bonchev–Trinajstić information content (AvgIpc) is 2.10. The highest BCUT2D eigenvalue weighted by Gasteiger charge is 1.92. The van der Waals surface area contributed by atoms with Crippen LogP contribution in [-0.2, 0) is 0 Å². The van der Waals surface area contributed by atoms with Gasteiger partial charge >= 0.3 is 0 Å². The molecule has 1 heteroatoms. The van der Waals surface area contributed by atoms with Crippen LogP contribution in [0.2, 0.25) is 0 Å². The molecule has 0 heterocycles. The van der Waals surface area contributed by atoms with E-state index < -0.39 is 0 Å². The number of rotatable bonds is 4. The maximum absolute atomic E-state index is 5.48. The summed E-state index contributed by atoms with van der Waals surface area (Å²) in [6.45, 7) is 6.26. The molecule has 0 saturated heterocycles. The van der Waals surface area contributed by atoms with Crippen molar-refractivity contribution in [3.63, 3.8) is 0 Å². The lowest BCUT2D eigenvalue weighted by Crippen LogP contribution is -1.88. The molecule has 0 radical (unpaired) electrons. The molecule has 1 nitrogen and oxygen atoms in total. The Hall–Kier alpha value is -0.980. The first kappa shape index (κ1) is 11.0. The fourth-order valence-electron chi connectivity index (χ4n) is 0.977. The smallest absolute Gasteiger partial charge is 0.00139 e. The van der Waals surface area contributed by atoms with Gasteiger partial charge in [-0.3, -0.25) is 0 Å². The van der Waals surface area contributed by atoms with Gasteiger partial charge in [-0.25, -0.2) is 0 Å². The molecule has 0 rings (SSSR count). The Morgan fingerprint density at radius 3 is 2.50 bits per heavy atom. The van der Waals surface area contributed by atoms with Crippen LogP contribution in [0.3, 0.4) is 0 Å². The van der Waals surface area contributed by atoms with Gasteiger partial charge in [0.1, 0.15) is 0 Å². The van der Waals surface area contributed by atoms with Gasteiger partial charge in [-0.05, 0) is 31.4 Å². The van der Waals surface area contributed by atoms with E-state index >= 15 is 0 Å². The van der Waals surface area contributed by atoms with Crippen molar-refractivity contribution in [3.8, 4) is 0 Å². The number of allylic oxidation sites excluding steroid dienone is 5. The topological polar surface area (TPSA) is 26.0 Å². The standard InChI is InChI=1S/C11H19N/c1-4-6-8-10(3)11(9-12)7-5-2/h5,7-9H,4,6,12H2,1-3H3/b7-5-,10-8+,11-9+. The summed E-state index contributed by atoms with van der Waals surface area (Å²) in [5, 5.41) is 0. The molecular weight excluding hydrogens is 146 g/mol. The normalized spacial score (nSPS) is 14.2. The van der Waals surface area contributed by atoms with E-state index in [1.54, 1.807) is 6.20 Å². The van der Waals surface area contributed by atoms with E-state index in [0.717, 1.165) is 12.0 Å². The van der Waals surface area contributed by atoms with E-state index in [1.165, 1.54) is 12.0 Å². The lowest BCUT2D eigenvalue weighted by atomic mass is 10.1. The van der Waals surface area contributed by atoms with E-state index in [9.17, 15) is 0 Å². The summed E-state index contributed by atoms with van der Waals surface area (Å²) in [5.74, 6) is 0. The molecule has 0 atom stereocenters. The zero-order valence-electron chi connectivity index (χ0n) is 8.30. The molecular formula is C11H19N. The molecule has 0 unspecified atom stereocenters. The molecule has 12 heavy (non-hydrogen) atoms.